The standard InChI is InChI=1S/C17H21N5O2/c1-2-10-18-16-14-11-13(22(23)24)8-9-15(14)20-17(21-16)19-12-6-4-3-5-7-12/h2,8-9,11-12H,1,3-7,10H2,(H2,18,19,20,21). The van der Waals surface area contributed by atoms with Gasteiger partial charge in [0.05, 0.1) is 10.4 Å². The van der Waals surface area contributed by atoms with E-state index in [1.165, 1.54) is 31.4 Å². The molecular formula is C17H21N5O2. The summed E-state index contributed by atoms with van der Waals surface area (Å²) in [5, 5.41) is 18.2. The predicted molar refractivity (Wildman–Crippen MR) is 95.4 cm³/mol. The molecule has 126 valence electrons. The lowest BCUT2D eigenvalue weighted by molar-refractivity contribution is -0.384. The van der Waals surface area contributed by atoms with E-state index in [0.29, 0.717) is 35.3 Å². The molecule has 1 aromatic heterocycles. The van der Waals surface area contributed by atoms with Crippen LogP contribution in [0.25, 0.3) is 10.9 Å². The molecular weight excluding hydrogens is 306 g/mol. The van der Waals surface area contributed by atoms with Gasteiger partial charge in [-0.05, 0) is 18.9 Å². The first-order valence-corrected chi connectivity index (χ1v) is 8.25. The molecule has 7 heteroatoms. The largest absolute Gasteiger partial charge is 0.366 e. The summed E-state index contributed by atoms with van der Waals surface area (Å²) in [7, 11) is 0. The fraction of sp³-hybridized carbons (Fsp3) is 0.412. The lowest BCUT2D eigenvalue weighted by Crippen LogP contribution is -2.23. The maximum Gasteiger partial charge on any atom is 0.270 e. The van der Waals surface area contributed by atoms with Crippen molar-refractivity contribution in [3.8, 4) is 0 Å². The zero-order chi connectivity index (χ0) is 16.9. The second-order valence-corrected chi connectivity index (χ2v) is 6.00. The molecule has 0 spiro atoms. The van der Waals surface area contributed by atoms with Gasteiger partial charge >= 0.3 is 0 Å². The molecule has 3 rings (SSSR count). The van der Waals surface area contributed by atoms with E-state index >= 15 is 0 Å². The van der Waals surface area contributed by atoms with Crippen LogP contribution in [0.3, 0.4) is 0 Å². The van der Waals surface area contributed by atoms with Gasteiger partial charge in [-0.15, -0.1) is 6.58 Å². The van der Waals surface area contributed by atoms with Gasteiger partial charge < -0.3 is 10.6 Å². The van der Waals surface area contributed by atoms with Crippen molar-refractivity contribution in [2.24, 2.45) is 0 Å². The number of aromatic nitrogens is 2. The molecule has 0 aliphatic heterocycles. The number of benzene rings is 1. The van der Waals surface area contributed by atoms with Gasteiger partial charge in [-0.1, -0.05) is 25.3 Å². The van der Waals surface area contributed by atoms with Gasteiger partial charge in [-0.3, -0.25) is 10.1 Å². The lowest BCUT2D eigenvalue weighted by Gasteiger charge is -2.23. The first-order chi connectivity index (χ1) is 11.7. The molecule has 0 unspecified atom stereocenters. The second kappa shape index (κ2) is 7.25. The molecule has 1 aromatic carbocycles. The summed E-state index contributed by atoms with van der Waals surface area (Å²) in [4.78, 5) is 19.7. The van der Waals surface area contributed by atoms with Gasteiger partial charge in [0.25, 0.3) is 5.69 Å². The predicted octanol–water partition coefficient (Wildman–Crippen LogP) is 3.88. The first-order valence-electron chi connectivity index (χ1n) is 8.25. The van der Waals surface area contributed by atoms with Gasteiger partial charge in [-0.25, -0.2) is 4.98 Å². The smallest absolute Gasteiger partial charge is 0.270 e. The summed E-state index contributed by atoms with van der Waals surface area (Å²) in [6.45, 7) is 4.21. The number of nitrogens with zero attached hydrogens (tertiary/aromatic N) is 3. The highest BCUT2D eigenvalue weighted by Gasteiger charge is 2.17. The zero-order valence-corrected chi connectivity index (χ0v) is 13.5. The molecule has 1 fully saturated rings. The monoisotopic (exact) mass is 327 g/mol. The number of hydrogen-bond acceptors (Lipinski definition) is 6. The van der Waals surface area contributed by atoms with E-state index in [1.54, 1.807) is 12.1 Å². The van der Waals surface area contributed by atoms with Crippen LogP contribution in [0.15, 0.2) is 30.9 Å². The average molecular weight is 327 g/mol. The molecule has 2 aromatic rings. The SMILES string of the molecule is C=CCNc1nc(NC2CCCCC2)nc2ccc([N+](=O)[O-])cc12. The summed E-state index contributed by atoms with van der Waals surface area (Å²) < 4.78 is 0. The maximum absolute atomic E-state index is 11.0. The Kier molecular flexibility index (Phi) is 4.88. The normalized spacial score (nSPS) is 15.2. The Hall–Kier alpha value is -2.70. The number of hydrogen-bond donors (Lipinski definition) is 2. The van der Waals surface area contributed by atoms with Crippen LogP contribution in [0.5, 0.6) is 0 Å². The van der Waals surface area contributed by atoms with E-state index < -0.39 is 4.92 Å². The number of anilines is 2. The zero-order valence-electron chi connectivity index (χ0n) is 13.5. The van der Waals surface area contributed by atoms with Gasteiger partial charge in [0.2, 0.25) is 5.95 Å². The summed E-state index contributed by atoms with van der Waals surface area (Å²) in [6, 6.07) is 5.03. The molecule has 0 saturated heterocycles. The Labute approximate surface area is 140 Å². The van der Waals surface area contributed by atoms with Crippen LogP contribution in [-0.2, 0) is 0 Å². The van der Waals surface area contributed by atoms with Crippen molar-refractivity contribution < 1.29 is 4.92 Å². The van der Waals surface area contributed by atoms with E-state index in [9.17, 15) is 10.1 Å². The van der Waals surface area contributed by atoms with Crippen molar-refractivity contribution in [3.63, 3.8) is 0 Å². The number of rotatable bonds is 6. The summed E-state index contributed by atoms with van der Waals surface area (Å²) in [5.74, 6) is 1.15. The van der Waals surface area contributed by atoms with Crippen molar-refractivity contribution in [2.45, 2.75) is 38.1 Å². The van der Waals surface area contributed by atoms with Gasteiger partial charge in [0, 0.05) is 30.1 Å². The van der Waals surface area contributed by atoms with Gasteiger partial charge in [-0.2, -0.15) is 4.98 Å². The molecule has 2 N–H and O–H groups in total. The number of non-ortho nitro benzene ring substituents is 1. The van der Waals surface area contributed by atoms with Crippen LogP contribution in [0.2, 0.25) is 0 Å². The van der Waals surface area contributed by atoms with Crippen LogP contribution >= 0.6 is 0 Å². The van der Waals surface area contributed by atoms with Crippen LogP contribution in [-0.4, -0.2) is 27.5 Å². The van der Waals surface area contributed by atoms with E-state index in [0.717, 1.165) is 12.8 Å². The molecule has 0 bridgehead atoms. The number of fused-ring (bicyclic) bond motifs is 1. The molecule has 0 atom stereocenters. The molecule has 1 saturated carbocycles. The quantitative estimate of drug-likeness (QED) is 0.475. The molecule has 0 radical (unpaired) electrons. The van der Waals surface area contributed by atoms with E-state index in [2.05, 4.69) is 27.2 Å². The summed E-state index contributed by atoms with van der Waals surface area (Å²) >= 11 is 0. The highest BCUT2D eigenvalue weighted by atomic mass is 16.6. The molecule has 0 amide bonds. The fourth-order valence-corrected chi connectivity index (χ4v) is 3.03. The minimum absolute atomic E-state index is 0.0285. The van der Waals surface area contributed by atoms with Crippen molar-refractivity contribution in [1.29, 1.82) is 0 Å². The molecule has 7 nitrogen and oxygen atoms in total. The van der Waals surface area contributed by atoms with Crippen LogP contribution in [0, 0.1) is 10.1 Å². The molecule has 1 aliphatic carbocycles. The highest BCUT2D eigenvalue weighted by molar-refractivity contribution is 5.91. The van der Waals surface area contributed by atoms with Crippen LogP contribution < -0.4 is 10.6 Å². The van der Waals surface area contributed by atoms with Crippen molar-refractivity contribution in [1.82, 2.24) is 9.97 Å². The maximum atomic E-state index is 11.0. The lowest BCUT2D eigenvalue weighted by atomic mass is 9.96. The first kappa shape index (κ1) is 16.2. The third kappa shape index (κ3) is 3.61. The van der Waals surface area contributed by atoms with Gasteiger partial charge in [0.15, 0.2) is 0 Å². The minimum atomic E-state index is -0.412. The minimum Gasteiger partial charge on any atom is -0.366 e. The van der Waals surface area contributed by atoms with Gasteiger partial charge in [0.1, 0.15) is 5.82 Å². The number of nitro benzene ring substituents is 1. The van der Waals surface area contributed by atoms with E-state index in [-0.39, 0.29) is 5.69 Å². The molecule has 1 heterocycles. The number of nitrogens with one attached hydrogen (secondary N) is 2. The van der Waals surface area contributed by atoms with Crippen molar-refractivity contribution >= 4 is 28.4 Å². The van der Waals surface area contributed by atoms with Crippen molar-refractivity contribution in [3.05, 3.63) is 41.0 Å². The van der Waals surface area contributed by atoms with E-state index in [1.807, 2.05) is 0 Å². The van der Waals surface area contributed by atoms with E-state index in [4.69, 9.17) is 0 Å². The van der Waals surface area contributed by atoms with Crippen LogP contribution in [0.4, 0.5) is 17.5 Å². The van der Waals surface area contributed by atoms with Crippen molar-refractivity contribution in [2.75, 3.05) is 17.2 Å². The Bertz CT molecular complexity index is 756. The number of nitro groups is 1. The topological polar surface area (TPSA) is 93.0 Å². The fourth-order valence-electron chi connectivity index (χ4n) is 3.03. The summed E-state index contributed by atoms with van der Waals surface area (Å²) in [6.07, 6.45) is 7.69. The Morgan fingerprint density at radius 1 is 1.29 bits per heavy atom. The molecule has 24 heavy (non-hydrogen) atoms. The van der Waals surface area contributed by atoms with Crippen LogP contribution in [0.1, 0.15) is 32.1 Å². The average Bonchev–Trinajstić information content (AvgIpc) is 2.60. The second-order valence-electron chi connectivity index (χ2n) is 6.00. The third-order valence-corrected chi connectivity index (χ3v) is 4.24. The summed E-state index contributed by atoms with van der Waals surface area (Å²) in [5.41, 5.74) is 0.709. The third-order valence-electron chi connectivity index (χ3n) is 4.24. The Morgan fingerprint density at radius 2 is 2.08 bits per heavy atom. The molecule has 1 aliphatic rings. The Morgan fingerprint density at radius 3 is 2.79 bits per heavy atom. The highest BCUT2D eigenvalue weighted by Crippen LogP contribution is 2.27. The Balaban J connectivity index is 1.96.